The lowest BCUT2D eigenvalue weighted by atomic mass is 10.0. The zero-order chi connectivity index (χ0) is 98.4. The predicted octanol–water partition coefficient (Wildman–Crippen LogP) is 13.2. The molecule has 0 saturated carbocycles. The highest BCUT2D eigenvalue weighted by molar-refractivity contribution is 6.31. The number of amides is 7. The number of hydrogen-bond donors (Lipinski definition) is 7. The Kier molecular flexibility index (Phi) is 29.7. The van der Waals surface area contributed by atoms with Crippen LogP contribution in [-0.4, -0.2) is 189 Å². The topological polar surface area (TPSA) is 386 Å². The summed E-state index contributed by atoms with van der Waals surface area (Å²) < 4.78 is 43.1. The van der Waals surface area contributed by atoms with E-state index in [0.717, 1.165) is 157 Å². The number of carbonyl (C=O) groups is 7. The van der Waals surface area contributed by atoms with E-state index in [4.69, 9.17) is 11.6 Å². The lowest BCUT2D eigenvalue weighted by Crippen LogP contribution is -2.34. The van der Waals surface area contributed by atoms with Crippen LogP contribution in [0.25, 0.3) is 33.4 Å². The van der Waals surface area contributed by atoms with Crippen molar-refractivity contribution in [2.45, 2.75) is 153 Å². The van der Waals surface area contributed by atoms with Crippen LogP contribution in [0.15, 0.2) is 122 Å². The second-order valence-corrected chi connectivity index (χ2v) is 36.1. The third-order valence-electron chi connectivity index (χ3n) is 24.4. The maximum absolute atomic E-state index is 14.5. The molecule has 0 atom stereocenters. The van der Waals surface area contributed by atoms with Gasteiger partial charge in [0, 0.05) is 310 Å². The number of hydrogen-bond acceptors (Lipinski definition) is 21. The van der Waals surface area contributed by atoms with Gasteiger partial charge in [-0.05, 0) is 137 Å². The number of rotatable bonds is 17. The van der Waals surface area contributed by atoms with Gasteiger partial charge in [-0.1, -0.05) is 17.7 Å². The minimum Gasteiger partial charge on any atom is -0.350 e. The van der Waals surface area contributed by atoms with Crippen molar-refractivity contribution in [3.63, 3.8) is 0 Å². The molecule has 7 amide bonds. The van der Waals surface area contributed by atoms with Gasteiger partial charge in [-0.3, -0.25) is 71.0 Å². The first-order valence-corrected chi connectivity index (χ1v) is 45.6. The summed E-state index contributed by atoms with van der Waals surface area (Å²) in [6, 6.07) is 27.4. The minimum absolute atomic E-state index is 0.0210. The molecule has 0 spiro atoms. The monoisotopic (exact) mass is 1880 g/mol. The molecule has 8 aromatic heterocycles. The average molecular weight is 1890 g/mol. The number of carbonyl (C=O) groups excluding carboxylic acids is 7. The Balaban J connectivity index is 0.000000137. The van der Waals surface area contributed by atoms with Crippen LogP contribution in [0.5, 0.6) is 0 Å². The highest BCUT2D eigenvalue weighted by Gasteiger charge is 2.33. The van der Waals surface area contributed by atoms with Crippen molar-refractivity contribution in [1.29, 1.82) is 5.26 Å². The molecule has 13 aromatic rings. The van der Waals surface area contributed by atoms with Crippen molar-refractivity contribution in [3.05, 3.63) is 223 Å². The smallest absolute Gasteiger partial charge is 0.251 e. The summed E-state index contributed by atoms with van der Waals surface area (Å²) >= 11 is 6.21. The van der Waals surface area contributed by atoms with E-state index in [0.29, 0.717) is 110 Å². The number of nitrogens with zero attached hydrogens (tertiary/aromatic N) is 22. The zero-order valence-corrected chi connectivity index (χ0v) is 81.4. The number of nitriles is 1. The molecular weight excluding hydrogens is 1770 g/mol. The Bertz CT molecular complexity index is 6680. The second kappa shape index (κ2) is 41.7. The number of nitrogens with one attached hydrogen (secondary N) is 7. The van der Waals surface area contributed by atoms with Crippen LogP contribution in [0.1, 0.15) is 156 Å². The highest BCUT2D eigenvalue weighted by Crippen LogP contribution is 2.39. The fourth-order valence-electron chi connectivity index (χ4n) is 17.5. The summed E-state index contributed by atoms with van der Waals surface area (Å²) in [5.41, 5.74) is 22.5. The molecule has 0 unspecified atom stereocenters. The van der Waals surface area contributed by atoms with Crippen molar-refractivity contribution < 1.29 is 42.3 Å². The third-order valence-corrected chi connectivity index (χ3v) is 24.6. The summed E-state index contributed by atoms with van der Waals surface area (Å²) in [6.07, 6.45) is 14.6. The van der Waals surface area contributed by atoms with Gasteiger partial charge in [0.05, 0.1) is 68.6 Å². The molecule has 716 valence electrons. The Morgan fingerprint density at radius 3 is 1.02 bits per heavy atom. The van der Waals surface area contributed by atoms with E-state index in [1.807, 2.05) is 166 Å². The highest BCUT2D eigenvalue weighted by atomic mass is 35.5. The molecule has 7 N–H and O–H groups in total. The molecule has 36 nitrogen and oxygen atoms in total. The second-order valence-electron chi connectivity index (χ2n) is 35.7. The van der Waals surface area contributed by atoms with Crippen LogP contribution in [0.4, 0.5) is 66.3 Å². The van der Waals surface area contributed by atoms with Gasteiger partial charge >= 0.3 is 0 Å². The first-order chi connectivity index (χ1) is 65.2. The van der Waals surface area contributed by atoms with Gasteiger partial charge in [-0.2, -0.15) is 46.1 Å². The normalized spacial score (nSPS) is 13.4. The minimum atomic E-state index is -0.719. The third kappa shape index (κ3) is 23.2. The van der Waals surface area contributed by atoms with E-state index < -0.39 is 11.6 Å². The first kappa shape index (κ1) is 97.7. The van der Waals surface area contributed by atoms with E-state index in [1.165, 1.54) is 24.9 Å². The SMILES string of the molecule is CC(=O)N1CCc2c(c(Nc3cc(-c4cnn(C)c4)c(F)cc3F)nn2C)C1.CC(=O)N1CCc2c(c(Nc3cc(C#N)cc(-c4cnn(C)c4)c3)nn2C)C1.CC(=O)N1CCc2c(c(Nc3cc(C)cc(-c4cnn(C)c4)c3)nn2C)C1.CC(=O)N1CCc2c(c(Nc3cc(C)cc(C(=O)NC(C)C)c3)nn2C)C1.CC(=O)N1CCc2c(c(Nc3cc(Cl)cc(C(=O)NC(C)C)c3)nn2C)C1. The number of benzene rings is 5. The average Bonchev–Trinajstić information content (AvgIpc) is 1.66. The number of aromatic nitrogens is 16. The molecule has 0 fully saturated rings. The molecule has 5 aliphatic rings. The summed E-state index contributed by atoms with van der Waals surface area (Å²) in [7, 11) is 15.0. The van der Waals surface area contributed by atoms with E-state index in [-0.39, 0.29) is 64.7 Å². The molecule has 39 heteroatoms. The standard InChI is InChI=1S/C20H21N7O.C20H24N6O.C20H27N5O2.C19H24ClN5O2.C19H20F2N6O/c1-13(28)27-5-4-19-18(12-27)20(24-26(19)3)23-17-7-14(9-21)6-15(8-17)16-10-22-25(2)11-16;1-13-7-15(16-10-21-24(3)11-16)9-17(8-13)22-20-18-12-26(14(2)27)6-5-19(18)25(4)23-20;1-12(2)21-20(27)15-8-13(3)9-16(10-15)22-19-17-11-25(14(4)26)7-6-18(17)24(5)23-19;1-11(2)21-19(27)13-7-14(20)9-15(8-13)22-18-16-10-25(12(3)26)6-5-17(16)24(4)23-18;1-11(28)27-5-4-18-14(10-27)19(24-26(18)3)23-17-6-13(15(20)7-16(17)21)12-8-22-25(2)9-12/h6-8,10-11H,4-5,12H2,1-3H3,(H,23,24);7-11H,5-6,12H2,1-4H3,(H,22,23);8-10,12H,6-7,11H2,1-5H3,(H,21,27)(H,22,23);7-9,11H,5-6,10H2,1-4H3,(H,21,27)(H,22,23);6-9H,4-5,10H2,1-3H3,(H,23,24). The van der Waals surface area contributed by atoms with E-state index in [2.05, 4.69) is 109 Å². The maximum atomic E-state index is 14.5. The largest absolute Gasteiger partial charge is 0.350 e. The summed E-state index contributed by atoms with van der Waals surface area (Å²) in [5, 5.41) is 67.5. The summed E-state index contributed by atoms with van der Waals surface area (Å²) in [6.45, 7) is 25.7. The van der Waals surface area contributed by atoms with Crippen molar-refractivity contribution in [3.8, 4) is 39.4 Å². The van der Waals surface area contributed by atoms with Gasteiger partial charge in [0.1, 0.15) is 11.6 Å². The molecular formula is C98H116ClF2N29O7. The molecule has 13 heterocycles. The first-order valence-electron chi connectivity index (χ1n) is 45.2. The molecule has 0 radical (unpaired) electrons. The van der Waals surface area contributed by atoms with E-state index >= 15 is 0 Å². The predicted molar refractivity (Wildman–Crippen MR) is 520 cm³/mol. The van der Waals surface area contributed by atoms with Crippen LogP contribution in [0.2, 0.25) is 5.02 Å². The Labute approximate surface area is 798 Å². The quantitative estimate of drug-likeness (QED) is 0.0445. The molecule has 0 bridgehead atoms. The van der Waals surface area contributed by atoms with Crippen molar-refractivity contribution in [2.24, 2.45) is 56.4 Å². The fourth-order valence-corrected chi connectivity index (χ4v) is 17.7. The number of anilines is 10. The van der Waals surface area contributed by atoms with Gasteiger partial charge in [0.25, 0.3) is 11.8 Å². The Morgan fingerprint density at radius 1 is 0.372 bits per heavy atom. The van der Waals surface area contributed by atoms with Gasteiger partial charge in [0.2, 0.25) is 29.5 Å². The maximum Gasteiger partial charge on any atom is 0.251 e. The summed E-state index contributed by atoms with van der Waals surface area (Å²) in [4.78, 5) is 92.6. The van der Waals surface area contributed by atoms with Crippen molar-refractivity contribution in [2.75, 3.05) is 59.3 Å². The lowest BCUT2D eigenvalue weighted by molar-refractivity contribution is -0.130. The fraction of sp³-hybridized carbons (Fsp3) is 0.367. The van der Waals surface area contributed by atoms with E-state index in [1.54, 1.807) is 99.9 Å². The number of halogens is 3. The zero-order valence-electron chi connectivity index (χ0n) is 80.6. The van der Waals surface area contributed by atoms with Crippen LogP contribution >= 0.6 is 11.6 Å². The van der Waals surface area contributed by atoms with Crippen LogP contribution in [0, 0.1) is 36.8 Å². The van der Waals surface area contributed by atoms with Gasteiger partial charge < -0.3 is 61.7 Å². The van der Waals surface area contributed by atoms with Gasteiger partial charge in [-0.25, -0.2) is 8.78 Å². The van der Waals surface area contributed by atoms with Crippen molar-refractivity contribution in [1.82, 2.24) is 113 Å². The van der Waals surface area contributed by atoms with Crippen molar-refractivity contribution >= 4 is 110 Å². The Hall–Kier alpha value is -15.3. The molecule has 5 aliphatic heterocycles. The van der Waals surface area contributed by atoms with Crippen LogP contribution in [-0.2, 0) is 145 Å². The lowest BCUT2D eigenvalue weighted by Gasteiger charge is -2.26. The Morgan fingerprint density at radius 2 is 0.686 bits per heavy atom. The molecule has 0 saturated heterocycles. The van der Waals surface area contributed by atoms with Crippen LogP contribution < -0.4 is 37.2 Å². The van der Waals surface area contributed by atoms with Crippen LogP contribution in [0.3, 0.4) is 0 Å². The molecule has 0 aliphatic carbocycles. The molecule has 137 heavy (non-hydrogen) atoms. The van der Waals surface area contributed by atoms with Gasteiger partial charge in [0.15, 0.2) is 29.1 Å². The number of aryl methyl sites for hydroxylation is 10. The molecule has 5 aromatic carbocycles. The summed E-state index contributed by atoms with van der Waals surface area (Å²) in [5.74, 6) is 2.01. The van der Waals surface area contributed by atoms with E-state index in [9.17, 15) is 47.6 Å². The molecule has 18 rings (SSSR count). The van der Waals surface area contributed by atoms with Gasteiger partial charge in [-0.15, -0.1) is 0 Å². The number of fused-ring (bicyclic) bond motifs is 5.